The summed E-state index contributed by atoms with van der Waals surface area (Å²) in [7, 11) is -7.88. The third kappa shape index (κ3) is 5.01. The zero-order valence-corrected chi connectivity index (χ0v) is 13.4. The molecule has 0 bridgehead atoms. The number of hydrogen-bond acceptors (Lipinski definition) is 6. The standard InChI is InChI=1S/C12H16O7S2/c1-8(2)19-11-5-4-9(6-10(11)12(13)14)21(17,18)7-20(3,15)16/h4-6,8H,7H2,1-3H3,(H,13,14). The van der Waals surface area contributed by atoms with E-state index in [2.05, 4.69) is 0 Å². The SMILES string of the molecule is CC(C)Oc1ccc(S(=O)(=O)CS(C)(=O)=O)cc1C(=O)O. The summed E-state index contributed by atoms with van der Waals surface area (Å²) in [6.07, 6.45) is 0.500. The summed E-state index contributed by atoms with van der Waals surface area (Å²) in [5.74, 6) is -1.34. The van der Waals surface area contributed by atoms with E-state index in [1.165, 1.54) is 6.07 Å². The Morgan fingerprint density at radius 3 is 2.24 bits per heavy atom. The van der Waals surface area contributed by atoms with E-state index >= 15 is 0 Å². The van der Waals surface area contributed by atoms with Gasteiger partial charge < -0.3 is 9.84 Å². The Hall–Kier alpha value is -1.61. The van der Waals surface area contributed by atoms with Crippen LogP contribution in [0.15, 0.2) is 23.1 Å². The number of sulfone groups is 2. The molecule has 0 saturated heterocycles. The second-order valence-electron chi connectivity index (χ2n) is 4.79. The van der Waals surface area contributed by atoms with Gasteiger partial charge >= 0.3 is 5.97 Å². The maximum Gasteiger partial charge on any atom is 0.339 e. The molecule has 0 amide bonds. The number of carbonyl (C=O) groups is 1. The van der Waals surface area contributed by atoms with Crippen LogP contribution in [0.5, 0.6) is 5.75 Å². The number of hydrogen-bond donors (Lipinski definition) is 1. The van der Waals surface area contributed by atoms with Crippen molar-refractivity contribution in [2.75, 3.05) is 11.3 Å². The summed E-state index contributed by atoms with van der Waals surface area (Å²) in [6.45, 7) is 3.39. The molecule has 7 nitrogen and oxygen atoms in total. The van der Waals surface area contributed by atoms with Gasteiger partial charge in [-0.3, -0.25) is 0 Å². The number of carboxylic acids is 1. The Kier molecular flexibility index (Phi) is 5.00. The van der Waals surface area contributed by atoms with Crippen molar-refractivity contribution in [1.29, 1.82) is 0 Å². The molecule has 0 heterocycles. The lowest BCUT2D eigenvalue weighted by Crippen LogP contribution is -2.16. The molecule has 0 spiro atoms. The van der Waals surface area contributed by atoms with Gasteiger partial charge in [0.2, 0.25) is 0 Å². The van der Waals surface area contributed by atoms with Crippen LogP contribution in [-0.4, -0.2) is 45.4 Å². The molecular weight excluding hydrogens is 320 g/mol. The van der Waals surface area contributed by atoms with Gasteiger partial charge in [0.25, 0.3) is 0 Å². The average molecular weight is 336 g/mol. The zero-order chi connectivity index (χ0) is 16.4. The Labute approximate surface area is 123 Å². The average Bonchev–Trinajstić information content (AvgIpc) is 2.24. The third-order valence-corrected chi connectivity index (χ3v) is 6.20. The molecular formula is C12H16O7S2. The number of ether oxygens (including phenoxy) is 1. The Balaban J connectivity index is 3.35. The highest BCUT2D eigenvalue weighted by Gasteiger charge is 2.24. The van der Waals surface area contributed by atoms with Crippen molar-refractivity contribution < 1.29 is 31.5 Å². The van der Waals surface area contributed by atoms with Crippen molar-refractivity contribution in [2.45, 2.75) is 24.8 Å². The fraction of sp³-hybridized carbons (Fsp3) is 0.417. The van der Waals surface area contributed by atoms with Gasteiger partial charge in [0.1, 0.15) is 11.3 Å². The highest BCUT2D eigenvalue weighted by Crippen LogP contribution is 2.25. The number of rotatable bonds is 6. The van der Waals surface area contributed by atoms with E-state index in [4.69, 9.17) is 9.84 Å². The fourth-order valence-corrected chi connectivity index (χ4v) is 4.95. The fourth-order valence-electron chi connectivity index (χ4n) is 1.58. The minimum absolute atomic E-state index is 0.0239. The van der Waals surface area contributed by atoms with Gasteiger partial charge in [-0.1, -0.05) is 0 Å². The predicted molar refractivity (Wildman–Crippen MR) is 76.1 cm³/mol. The van der Waals surface area contributed by atoms with Gasteiger partial charge in [-0.25, -0.2) is 21.6 Å². The van der Waals surface area contributed by atoms with Crippen molar-refractivity contribution in [1.82, 2.24) is 0 Å². The van der Waals surface area contributed by atoms with Crippen LogP contribution in [0.1, 0.15) is 24.2 Å². The molecule has 0 fully saturated rings. The monoisotopic (exact) mass is 336 g/mol. The predicted octanol–water partition coefficient (Wildman–Crippen LogP) is 0.948. The topological polar surface area (TPSA) is 115 Å². The molecule has 118 valence electrons. The van der Waals surface area contributed by atoms with E-state index in [-0.39, 0.29) is 22.3 Å². The number of benzene rings is 1. The molecule has 0 radical (unpaired) electrons. The van der Waals surface area contributed by atoms with Crippen LogP contribution in [0, 0.1) is 0 Å². The Morgan fingerprint density at radius 1 is 1.24 bits per heavy atom. The molecule has 1 N–H and O–H groups in total. The van der Waals surface area contributed by atoms with Crippen molar-refractivity contribution in [3.05, 3.63) is 23.8 Å². The Morgan fingerprint density at radius 2 is 1.81 bits per heavy atom. The summed E-state index contributed by atoms with van der Waals surface area (Å²) in [4.78, 5) is 10.8. The molecule has 0 aliphatic rings. The van der Waals surface area contributed by atoms with Crippen LogP contribution < -0.4 is 4.74 Å². The Bertz CT molecular complexity index is 746. The summed E-state index contributed by atoms with van der Waals surface area (Å²) in [5.41, 5.74) is -0.335. The lowest BCUT2D eigenvalue weighted by Gasteiger charge is -2.13. The number of aromatic carboxylic acids is 1. The first-order valence-electron chi connectivity index (χ1n) is 5.87. The zero-order valence-electron chi connectivity index (χ0n) is 11.7. The summed E-state index contributed by atoms with van der Waals surface area (Å²) < 4.78 is 51.4. The molecule has 1 rings (SSSR count). The van der Waals surface area contributed by atoms with E-state index in [0.717, 1.165) is 18.4 Å². The highest BCUT2D eigenvalue weighted by atomic mass is 32.3. The quantitative estimate of drug-likeness (QED) is 0.822. The van der Waals surface area contributed by atoms with Crippen molar-refractivity contribution in [2.24, 2.45) is 0 Å². The van der Waals surface area contributed by atoms with E-state index in [9.17, 15) is 21.6 Å². The minimum atomic E-state index is -4.13. The van der Waals surface area contributed by atoms with Gasteiger partial charge in [-0.05, 0) is 32.0 Å². The maximum absolute atomic E-state index is 11.9. The molecule has 1 aromatic carbocycles. The van der Waals surface area contributed by atoms with Crippen molar-refractivity contribution in [3.8, 4) is 5.75 Å². The minimum Gasteiger partial charge on any atom is -0.490 e. The first kappa shape index (κ1) is 17.4. The second-order valence-corrected chi connectivity index (χ2v) is 9.28. The summed E-state index contributed by atoms with van der Waals surface area (Å²) in [6, 6.07) is 3.24. The molecule has 0 unspecified atom stereocenters. The molecule has 9 heteroatoms. The summed E-state index contributed by atoms with van der Waals surface area (Å²) >= 11 is 0. The van der Waals surface area contributed by atoms with Crippen molar-refractivity contribution >= 4 is 25.6 Å². The van der Waals surface area contributed by atoms with E-state index in [0.29, 0.717) is 0 Å². The normalized spacial score (nSPS) is 12.4. The molecule has 0 atom stereocenters. The molecule has 0 aromatic heterocycles. The van der Waals surface area contributed by atoms with Gasteiger partial charge in [0.05, 0.1) is 11.0 Å². The van der Waals surface area contributed by atoms with Gasteiger partial charge in [0.15, 0.2) is 24.8 Å². The first-order chi connectivity index (χ1) is 9.42. The highest BCUT2D eigenvalue weighted by molar-refractivity contribution is 8.07. The van der Waals surface area contributed by atoms with Gasteiger partial charge in [0, 0.05) is 6.26 Å². The van der Waals surface area contributed by atoms with Crippen LogP contribution in [-0.2, 0) is 19.7 Å². The van der Waals surface area contributed by atoms with Crippen LogP contribution in [0.4, 0.5) is 0 Å². The lowest BCUT2D eigenvalue weighted by atomic mass is 10.2. The van der Waals surface area contributed by atoms with E-state index in [1.807, 2.05) is 0 Å². The van der Waals surface area contributed by atoms with Crippen molar-refractivity contribution in [3.63, 3.8) is 0 Å². The third-order valence-electron chi connectivity index (χ3n) is 2.27. The molecule has 0 aliphatic heterocycles. The van der Waals surface area contributed by atoms with Gasteiger partial charge in [-0.15, -0.1) is 0 Å². The van der Waals surface area contributed by atoms with Crippen LogP contribution in [0.25, 0.3) is 0 Å². The van der Waals surface area contributed by atoms with Crippen LogP contribution in [0.3, 0.4) is 0 Å². The second kappa shape index (κ2) is 6.02. The van der Waals surface area contributed by atoms with Crippen LogP contribution in [0.2, 0.25) is 0 Å². The van der Waals surface area contributed by atoms with E-state index in [1.54, 1.807) is 13.8 Å². The molecule has 0 aliphatic carbocycles. The maximum atomic E-state index is 11.9. The smallest absolute Gasteiger partial charge is 0.339 e. The lowest BCUT2D eigenvalue weighted by molar-refractivity contribution is 0.0690. The molecule has 21 heavy (non-hydrogen) atoms. The van der Waals surface area contributed by atoms with Crippen LogP contribution >= 0.6 is 0 Å². The summed E-state index contributed by atoms with van der Waals surface area (Å²) in [5, 5.41) is 8.03. The molecule has 0 saturated carbocycles. The number of carboxylic acid groups (broad SMARTS) is 1. The first-order valence-corrected chi connectivity index (χ1v) is 9.58. The molecule has 1 aromatic rings. The van der Waals surface area contributed by atoms with Gasteiger partial charge in [-0.2, -0.15) is 0 Å². The van der Waals surface area contributed by atoms with E-state index < -0.39 is 30.7 Å². The largest absolute Gasteiger partial charge is 0.490 e.